The van der Waals surface area contributed by atoms with Crippen LogP contribution in [0.25, 0.3) is 82.8 Å². The van der Waals surface area contributed by atoms with Gasteiger partial charge in [0.25, 0.3) is 0 Å². The third-order valence-corrected chi connectivity index (χ3v) is 12.0. The van der Waals surface area contributed by atoms with Crippen LogP contribution in [-0.2, 0) is 10.8 Å². The van der Waals surface area contributed by atoms with Gasteiger partial charge < -0.3 is 8.98 Å². The van der Waals surface area contributed by atoms with Gasteiger partial charge in [0.15, 0.2) is 0 Å². The molecule has 2 aliphatic carbocycles. The van der Waals surface area contributed by atoms with E-state index in [2.05, 4.69) is 172 Å². The number of nitrogens with zero attached hydrogens (tertiary/aromatic N) is 1. The molecule has 11 rings (SSSR count). The van der Waals surface area contributed by atoms with Crippen molar-refractivity contribution in [3.8, 4) is 39.1 Å². The smallest absolute Gasteiger partial charge is 0.143 e. The lowest BCUT2D eigenvalue weighted by atomic mass is 9.81. The number of furan rings is 1. The van der Waals surface area contributed by atoms with Gasteiger partial charge >= 0.3 is 0 Å². The van der Waals surface area contributed by atoms with Crippen LogP contribution in [0, 0.1) is 0 Å². The molecule has 2 aromatic heterocycles. The average Bonchev–Trinajstić information content (AvgIpc) is 3.82. The Morgan fingerprint density at radius 3 is 2.00 bits per heavy atom. The number of fused-ring (bicyclic) bond motifs is 13. The Bertz CT molecular complexity index is 2930. The van der Waals surface area contributed by atoms with E-state index in [0.717, 1.165) is 11.2 Å². The van der Waals surface area contributed by atoms with Crippen LogP contribution >= 0.6 is 0 Å². The zero-order valence-corrected chi connectivity index (χ0v) is 28.6. The van der Waals surface area contributed by atoms with Gasteiger partial charge in [-0.3, -0.25) is 0 Å². The second-order valence-corrected chi connectivity index (χ2v) is 15.3. The van der Waals surface area contributed by atoms with E-state index in [0.29, 0.717) is 0 Å². The third-order valence-electron chi connectivity index (χ3n) is 12.0. The summed E-state index contributed by atoms with van der Waals surface area (Å²) in [7, 11) is 0. The number of benzene rings is 7. The lowest BCUT2D eigenvalue weighted by molar-refractivity contribution is 0.653. The van der Waals surface area contributed by atoms with E-state index < -0.39 is 0 Å². The molecule has 0 spiro atoms. The minimum Gasteiger partial charge on any atom is -0.455 e. The van der Waals surface area contributed by atoms with Gasteiger partial charge in [-0.1, -0.05) is 125 Å². The SMILES string of the molecule is CC1(C)c2ccccc2-c2ccc(-c3ccc4c(c3)c3ccccc3n4-c3ccc4c(c3)C(C)(C)c3ccc5c(oc6ccccc65)c3-4)cc21. The molecule has 2 aliphatic rings. The molecule has 0 N–H and O–H groups in total. The molecular weight excluding hydrogens is 607 g/mol. The largest absolute Gasteiger partial charge is 0.455 e. The van der Waals surface area contributed by atoms with Crippen molar-refractivity contribution in [2.45, 2.75) is 38.5 Å². The molecule has 0 aliphatic heterocycles. The molecule has 238 valence electrons. The van der Waals surface area contributed by atoms with E-state index in [9.17, 15) is 0 Å². The first-order valence-corrected chi connectivity index (χ1v) is 17.7. The first kappa shape index (κ1) is 28.0. The summed E-state index contributed by atoms with van der Waals surface area (Å²) in [5.74, 6) is 0. The minimum atomic E-state index is -0.166. The van der Waals surface area contributed by atoms with Crippen molar-refractivity contribution in [2.75, 3.05) is 0 Å². The van der Waals surface area contributed by atoms with E-state index in [1.54, 1.807) is 0 Å². The maximum Gasteiger partial charge on any atom is 0.143 e. The summed E-state index contributed by atoms with van der Waals surface area (Å²) in [6.45, 7) is 9.41. The summed E-state index contributed by atoms with van der Waals surface area (Å²) in [6, 6.07) is 51.8. The monoisotopic (exact) mass is 641 g/mol. The van der Waals surface area contributed by atoms with E-state index >= 15 is 0 Å². The highest BCUT2D eigenvalue weighted by Gasteiger charge is 2.38. The van der Waals surface area contributed by atoms with Gasteiger partial charge in [0.1, 0.15) is 11.2 Å². The van der Waals surface area contributed by atoms with Gasteiger partial charge in [0, 0.05) is 43.6 Å². The van der Waals surface area contributed by atoms with Crippen molar-refractivity contribution in [2.24, 2.45) is 0 Å². The Balaban J connectivity index is 1.08. The molecule has 0 saturated heterocycles. The molecule has 2 heterocycles. The molecule has 0 amide bonds. The molecule has 0 unspecified atom stereocenters. The standard InChI is InChI=1S/C48H35NO/c1-47(2)38-14-8-5-11-31(38)32-20-17-29(26-40(32)47)28-18-24-43-37(25-28)33-12-6-9-15-42(33)49(43)30-19-21-36-41(27-30)48(3,4)39-23-22-35-34-13-7-10-16-44(34)50-46(35)45(36)39/h5-27H,1-4H3. The molecule has 0 atom stereocenters. The van der Waals surface area contributed by atoms with Crippen molar-refractivity contribution in [1.82, 2.24) is 4.57 Å². The number of aromatic nitrogens is 1. The topological polar surface area (TPSA) is 18.1 Å². The van der Waals surface area contributed by atoms with Crippen molar-refractivity contribution >= 4 is 43.7 Å². The maximum absolute atomic E-state index is 6.56. The van der Waals surface area contributed by atoms with Crippen LogP contribution in [0.3, 0.4) is 0 Å². The molecule has 9 aromatic rings. The van der Waals surface area contributed by atoms with Gasteiger partial charge in [-0.05, 0) is 92.5 Å². The van der Waals surface area contributed by atoms with Crippen LogP contribution in [0.15, 0.2) is 144 Å². The van der Waals surface area contributed by atoms with Crippen molar-refractivity contribution in [1.29, 1.82) is 0 Å². The number of hydrogen-bond acceptors (Lipinski definition) is 1. The van der Waals surface area contributed by atoms with E-state index in [-0.39, 0.29) is 10.8 Å². The zero-order chi connectivity index (χ0) is 33.5. The molecule has 2 heteroatoms. The third kappa shape index (κ3) is 3.48. The van der Waals surface area contributed by atoms with E-state index in [1.807, 2.05) is 0 Å². The summed E-state index contributed by atoms with van der Waals surface area (Å²) in [5, 5.41) is 4.90. The normalized spacial score (nSPS) is 15.1. The molecule has 0 saturated carbocycles. The Kier molecular flexibility index (Phi) is 5.28. The molecule has 0 bridgehead atoms. The number of rotatable bonds is 2. The van der Waals surface area contributed by atoms with Crippen LogP contribution in [0.1, 0.15) is 49.9 Å². The summed E-state index contributed by atoms with van der Waals surface area (Å²) in [6.07, 6.45) is 0. The molecule has 2 nitrogen and oxygen atoms in total. The van der Waals surface area contributed by atoms with Crippen LogP contribution in [0.4, 0.5) is 0 Å². The van der Waals surface area contributed by atoms with Crippen LogP contribution < -0.4 is 0 Å². The Morgan fingerprint density at radius 1 is 0.440 bits per heavy atom. The molecule has 0 radical (unpaired) electrons. The highest BCUT2D eigenvalue weighted by molar-refractivity contribution is 6.13. The molecular formula is C48H35NO. The fourth-order valence-corrected chi connectivity index (χ4v) is 9.44. The molecule has 50 heavy (non-hydrogen) atoms. The van der Waals surface area contributed by atoms with Crippen LogP contribution in [-0.4, -0.2) is 4.57 Å². The highest BCUT2D eigenvalue weighted by atomic mass is 16.3. The number of hydrogen-bond donors (Lipinski definition) is 0. The summed E-state index contributed by atoms with van der Waals surface area (Å²) in [4.78, 5) is 0. The van der Waals surface area contributed by atoms with Gasteiger partial charge in [0.2, 0.25) is 0 Å². The quantitative estimate of drug-likeness (QED) is 0.184. The van der Waals surface area contributed by atoms with E-state index in [4.69, 9.17) is 4.42 Å². The minimum absolute atomic E-state index is 0.0285. The first-order valence-electron chi connectivity index (χ1n) is 17.7. The van der Waals surface area contributed by atoms with Gasteiger partial charge in [0.05, 0.1) is 11.0 Å². The molecule has 0 fully saturated rings. The fraction of sp³-hybridized carbons (Fsp3) is 0.125. The van der Waals surface area contributed by atoms with Gasteiger partial charge in [-0.15, -0.1) is 0 Å². The predicted molar refractivity (Wildman–Crippen MR) is 209 cm³/mol. The van der Waals surface area contributed by atoms with Gasteiger partial charge in [-0.25, -0.2) is 0 Å². The summed E-state index contributed by atoms with van der Waals surface area (Å²) < 4.78 is 9.01. The highest BCUT2D eigenvalue weighted by Crippen LogP contribution is 2.54. The van der Waals surface area contributed by atoms with Crippen molar-refractivity contribution < 1.29 is 4.42 Å². The van der Waals surface area contributed by atoms with Crippen molar-refractivity contribution in [3.63, 3.8) is 0 Å². The zero-order valence-electron chi connectivity index (χ0n) is 28.6. The van der Waals surface area contributed by atoms with Crippen molar-refractivity contribution in [3.05, 3.63) is 162 Å². The summed E-state index contributed by atoms with van der Waals surface area (Å²) >= 11 is 0. The second-order valence-electron chi connectivity index (χ2n) is 15.3. The van der Waals surface area contributed by atoms with Crippen LogP contribution in [0.2, 0.25) is 0 Å². The summed E-state index contributed by atoms with van der Waals surface area (Å²) in [5.41, 5.74) is 18.6. The predicted octanol–water partition coefficient (Wildman–Crippen LogP) is 13.0. The Morgan fingerprint density at radius 2 is 1.10 bits per heavy atom. The molecule has 7 aromatic carbocycles. The average molecular weight is 642 g/mol. The fourth-order valence-electron chi connectivity index (χ4n) is 9.44. The van der Waals surface area contributed by atoms with Gasteiger partial charge in [-0.2, -0.15) is 0 Å². The number of para-hydroxylation sites is 2. The second kappa shape index (κ2) is 9.43. The van der Waals surface area contributed by atoms with E-state index in [1.165, 1.54) is 93.9 Å². The lowest BCUT2D eigenvalue weighted by Gasteiger charge is -2.22. The van der Waals surface area contributed by atoms with Crippen LogP contribution in [0.5, 0.6) is 0 Å². The first-order chi connectivity index (χ1) is 24.3. The maximum atomic E-state index is 6.56. The Labute approximate surface area is 291 Å². The lowest BCUT2D eigenvalue weighted by Crippen LogP contribution is -2.15. The Hall–Kier alpha value is -5.86.